The minimum Gasteiger partial charge on any atom is -0.495 e. The number of carbonyl (C=O) groups excluding carboxylic acids is 2. The van der Waals surface area contributed by atoms with E-state index in [0.29, 0.717) is 48.3 Å². The number of anilines is 4. The van der Waals surface area contributed by atoms with Crippen molar-refractivity contribution in [2.45, 2.75) is 70.0 Å². The number of likely N-dealkylation sites (tertiary alicyclic amines) is 1. The third-order valence-electron chi connectivity index (χ3n) is 8.83. The molecule has 2 fully saturated rings. The number of methoxy groups -OCH3 is 1. The van der Waals surface area contributed by atoms with E-state index in [9.17, 15) is 9.59 Å². The van der Waals surface area contributed by atoms with E-state index in [2.05, 4.69) is 25.4 Å². The second-order valence-corrected chi connectivity index (χ2v) is 11.5. The van der Waals surface area contributed by atoms with Crippen molar-refractivity contribution in [1.82, 2.24) is 20.2 Å². The third-order valence-corrected chi connectivity index (χ3v) is 8.83. The summed E-state index contributed by atoms with van der Waals surface area (Å²) in [5.41, 5.74) is 1.88. The topological polar surface area (TPSA) is 132 Å². The summed E-state index contributed by atoms with van der Waals surface area (Å²) < 4.78 is 11.0. The highest BCUT2D eigenvalue weighted by Crippen LogP contribution is 2.40. The van der Waals surface area contributed by atoms with Gasteiger partial charge in [0, 0.05) is 44.3 Å². The van der Waals surface area contributed by atoms with Crippen LogP contribution in [0.5, 0.6) is 5.75 Å². The van der Waals surface area contributed by atoms with Crippen molar-refractivity contribution in [3.63, 3.8) is 0 Å². The second kappa shape index (κ2) is 14.3. The molecule has 0 bridgehead atoms. The molecule has 3 heterocycles. The van der Waals surface area contributed by atoms with Crippen LogP contribution >= 0.6 is 0 Å². The Morgan fingerprint density at radius 1 is 1.14 bits per heavy atom. The van der Waals surface area contributed by atoms with Gasteiger partial charge in [-0.25, -0.2) is 4.98 Å². The van der Waals surface area contributed by atoms with Crippen LogP contribution in [0.2, 0.25) is 0 Å². The van der Waals surface area contributed by atoms with Crippen LogP contribution < -0.4 is 25.2 Å². The standard InChI is InChI=1S/C31H45N7O5/c1-4-25-30(41)36(2)26-20-32-31(35-28(26)38(25)23-7-5-6-8-23)34-24-10-9-21(19-27(24)42-3)29(40)33-22-11-13-37(14-12-22)15-17-43-18-16-39/h9-10,19-20,22-23,25,39H,4-8,11-18H2,1-3H3,(H,33,40)(H,32,34,35)/t25-/m1/s1. The van der Waals surface area contributed by atoms with E-state index in [-0.39, 0.29) is 36.5 Å². The number of aliphatic hydroxyl groups is 1. The molecule has 3 N–H and O–H groups in total. The number of nitrogens with zero attached hydrogens (tertiary/aromatic N) is 5. The predicted molar refractivity (Wildman–Crippen MR) is 165 cm³/mol. The van der Waals surface area contributed by atoms with Gasteiger partial charge in [-0.2, -0.15) is 4.98 Å². The number of hydrogen-bond donors (Lipinski definition) is 3. The number of likely N-dealkylation sites (N-methyl/N-ethyl adjacent to an activating group) is 1. The Morgan fingerprint density at radius 3 is 2.60 bits per heavy atom. The van der Waals surface area contributed by atoms with Crippen molar-refractivity contribution in [2.75, 3.05) is 68.7 Å². The molecule has 1 saturated heterocycles. The normalized spacial score (nSPS) is 19.9. The zero-order chi connectivity index (χ0) is 30.3. The first kappa shape index (κ1) is 31.0. The summed E-state index contributed by atoms with van der Waals surface area (Å²) in [4.78, 5) is 41.9. The number of hydrogen-bond acceptors (Lipinski definition) is 10. The molecule has 1 aromatic carbocycles. The summed E-state index contributed by atoms with van der Waals surface area (Å²) in [5.74, 6) is 1.64. The number of rotatable bonds is 12. The Hall–Kier alpha value is -3.48. The first-order valence-corrected chi connectivity index (χ1v) is 15.5. The van der Waals surface area contributed by atoms with Gasteiger partial charge in [0.1, 0.15) is 17.5 Å². The van der Waals surface area contributed by atoms with E-state index in [1.807, 2.05) is 13.0 Å². The first-order chi connectivity index (χ1) is 20.9. The summed E-state index contributed by atoms with van der Waals surface area (Å²) in [7, 11) is 3.36. The number of carbonyl (C=O) groups is 2. The molecule has 0 radical (unpaired) electrons. The zero-order valence-electron chi connectivity index (χ0n) is 25.6. The van der Waals surface area contributed by atoms with Gasteiger partial charge in [-0.15, -0.1) is 0 Å². The van der Waals surface area contributed by atoms with E-state index in [1.54, 1.807) is 37.4 Å². The maximum absolute atomic E-state index is 13.2. The molecule has 2 amide bonds. The summed E-state index contributed by atoms with van der Waals surface area (Å²) in [6.07, 6.45) is 8.58. The van der Waals surface area contributed by atoms with Crippen molar-refractivity contribution in [1.29, 1.82) is 0 Å². The number of aliphatic hydroxyl groups excluding tert-OH is 1. The fraction of sp³-hybridized carbons (Fsp3) is 0.613. The Kier molecular flexibility index (Phi) is 10.3. The number of aromatic nitrogens is 2. The van der Waals surface area contributed by atoms with Crippen LogP contribution in [0.3, 0.4) is 0 Å². The van der Waals surface area contributed by atoms with Crippen molar-refractivity contribution >= 4 is 35.0 Å². The molecule has 2 aromatic rings. The van der Waals surface area contributed by atoms with E-state index >= 15 is 0 Å². The lowest BCUT2D eigenvalue weighted by atomic mass is 10.0. The fourth-order valence-electron chi connectivity index (χ4n) is 6.43. The highest BCUT2D eigenvalue weighted by Gasteiger charge is 2.41. The molecule has 1 aliphatic carbocycles. The SMILES string of the molecule is CC[C@@H]1C(=O)N(C)c2cnc(Nc3ccc(C(=O)NC4CCN(CCOCCO)CC4)cc3OC)nc2N1C1CCCC1. The zero-order valence-corrected chi connectivity index (χ0v) is 25.6. The van der Waals surface area contributed by atoms with Gasteiger partial charge in [-0.1, -0.05) is 19.8 Å². The Bertz CT molecular complexity index is 1260. The Morgan fingerprint density at radius 2 is 1.91 bits per heavy atom. The van der Waals surface area contributed by atoms with Crippen molar-refractivity contribution < 1.29 is 24.2 Å². The highest BCUT2D eigenvalue weighted by molar-refractivity contribution is 6.04. The molecular weight excluding hydrogens is 550 g/mol. The van der Waals surface area contributed by atoms with Crippen LogP contribution in [0.25, 0.3) is 0 Å². The lowest BCUT2D eigenvalue weighted by molar-refractivity contribution is -0.120. The average Bonchev–Trinajstić information content (AvgIpc) is 3.56. The second-order valence-electron chi connectivity index (χ2n) is 11.5. The monoisotopic (exact) mass is 595 g/mol. The van der Waals surface area contributed by atoms with E-state index in [0.717, 1.165) is 64.0 Å². The van der Waals surface area contributed by atoms with Crippen molar-refractivity contribution in [3.05, 3.63) is 30.0 Å². The summed E-state index contributed by atoms with van der Waals surface area (Å²) >= 11 is 0. The quantitative estimate of drug-likeness (QED) is 0.315. The molecule has 1 aromatic heterocycles. The number of amides is 2. The maximum atomic E-state index is 13.2. The van der Waals surface area contributed by atoms with Crippen LogP contribution in [-0.4, -0.2) is 104 Å². The van der Waals surface area contributed by atoms with Crippen LogP contribution in [0.4, 0.5) is 23.1 Å². The molecule has 43 heavy (non-hydrogen) atoms. The van der Waals surface area contributed by atoms with E-state index in [1.165, 1.54) is 0 Å². The van der Waals surface area contributed by atoms with Crippen LogP contribution in [0.15, 0.2) is 24.4 Å². The molecule has 0 spiro atoms. The molecule has 234 valence electrons. The van der Waals surface area contributed by atoms with Gasteiger partial charge in [0.25, 0.3) is 5.91 Å². The van der Waals surface area contributed by atoms with E-state index in [4.69, 9.17) is 19.6 Å². The first-order valence-electron chi connectivity index (χ1n) is 15.5. The predicted octanol–water partition coefficient (Wildman–Crippen LogP) is 2.94. The van der Waals surface area contributed by atoms with Gasteiger partial charge in [0.05, 0.1) is 38.8 Å². The fourth-order valence-corrected chi connectivity index (χ4v) is 6.43. The minimum absolute atomic E-state index is 0.0390. The van der Waals surface area contributed by atoms with Crippen molar-refractivity contribution in [2.24, 2.45) is 0 Å². The molecule has 12 nitrogen and oxygen atoms in total. The number of nitrogens with one attached hydrogen (secondary N) is 2. The van der Waals surface area contributed by atoms with Gasteiger partial charge in [0.2, 0.25) is 11.9 Å². The van der Waals surface area contributed by atoms with Gasteiger partial charge < -0.3 is 39.9 Å². The molecule has 12 heteroatoms. The minimum atomic E-state index is -0.242. The molecular formula is C31H45N7O5. The highest BCUT2D eigenvalue weighted by atomic mass is 16.5. The van der Waals surface area contributed by atoms with E-state index < -0.39 is 0 Å². The molecule has 5 rings (SSSR count). The molecule has 1 saturated carbocycles. The molecule has 0 unspecified atom stereocenters. The maximum Gasteiger partial charge on any atom is 0.251 e. The lowest BCUT2D eigenvalue weighted by Crippen LogP contribution is -2.55. The lowest BCUT2D eigenvalue weighted by Gasteiger charge is -2.43. The summed E-state index contributed by atoms with van der Waals surface area (Å²) in [6, 6.07) is 5.47. The van der Waals surface area contributed by atoms with Gasteiger partial charge >= 0.3 is 0 Å². The Labute approximate surface area is 253 Å². The average molecular weight is 596 g/mol. The van der Waals surface area contributed by atoms with Crippen LogP contribution in [0, 0.1) is 0 Å². The molecule has 2 aliphatic heterocycles. The van der Waals surface area contributed by atoms with Gasteiger partial charge in [0.15, 0.2) is 5.82 Å². The molecule has 3 aliphatic rings. The molecule has 1 atom stereocenters. The smallest absolute Gasteiger partial charge is 0.251 e. The van der Waals surface area contributed by atoms with Crippen LogP contribution in [0.1, 0.15) is 62.2 Å². The summed E-state index contributed by atoms with van der Waals surface area (Å²) in [5, 5.41) is 15.3. The largest absolute Gasteiger partial charge is 0.495 e. The third kappa shape index (κ3) is 7.02. The number of benzene rings is 1. The van der Waals surface area contributed by atoms with Crippen LogP contribution in [-0.2, 0) is 9.53 Å². The van der Waals surface area contributed by atoms with Gasteiger partial charge in [-0.3, -0.25) is 9.59 Å². The number of piperidine rings is 1. The Balaban J connectivity index is 1.25. The summed E-state index contributed by atoms with van der Waals surface area (Å²) in [6.45, 7) is 5.66. The number of fused-ring (bicyclic) bond motifs is 1. The van der Waals surface area contributed by atoms with Crippen molar-refractivity contribution in [3.8, 4) is 5.75 Å². The van der Waals surface area contributed by atoms with Gasteiger partial charge in [-0.05, 0) is 50.3 Å². The number of ether oxygens (including phenoxy) is 2.